The Hall–Kier alpha value is -3.59. The number of fused-ring (bicyclic) bond motifs is 1. The maximum Gasteiger partial charge on any atom is 0.336 e. The van der Waals surface area contributed by atoms with Crippen molar-refractivity contribution < 1.29 is 13.6 Å². The van der Waals surface area contributed by atoms with Gasteiger partial charge in [0, 0.05) is 12.1 Å². The molecule has 9 heteroatoms. The maximum atomic E-state index is 13.8. The fraction of sp³-hybridized carbons (Fsp3) is 0.208. The Bertz CT molecular complexity index is 1410. The molecule has 0 fully saturated rings. The van der Waals surface area contributed by atoms with Gasteiger partial charge in [-0.1, -0.05) is 30.3 Å². The lowest BCUT2D eigenvalue weighted by atomic mass is 10.1. The van der Waals surface area contributed by atoms with E-state index >= 15 is 0 Å². The van der Waals surface area contributed by atoms with Gasteiger partial charge in [-0.05, 0) is 48.9 Å². The van der Waals surface area contributed by atoms with Crippen molar-refractivity contribution in [2.45, 2.75) is 32.4 Å². The standard InChI is InChI=1S/C24H21F2N3O3S/c1-15(7-8-16-5-3-2-4-6-16)27-21(30)14-28-20-9-10-33-22(20)23(31)29(24(28)32)19-12-17(25)11-18(26)13-19/h2-6,9-13,15H,7-8,14H2,1H3,(H,27,30). The van der Waals surface area contributed by atoms with Gasteiger partial charge in [0.1, 0.15) is 22.9 Å². The van der Waals surface area contributed by atoms with E-state index in [1.807, 2.05) is 37.3 Å². The Morgan fingerprint density at radius 1 is 1.06 bits per heavy atom. The number of carbonyl (C=O) groups excluding carboxylic acids is 1. The monoisotopic (exact) mass is 469 g/mol. The molecule has 0 bridgehead atoms. The summed E-state index contributed by atoms with van der Waals surface area (Å²) in [7, 11) is 0. The van der Waals surface area contributed by atoms with Crippen LogP contribution in [0.15, 0.2) is 69.6 Å². The van der Waals surface area contributed by atoms with Gasteiger partial charge in [0.25, 0.3) is 5.56 Å². The molecule has 170 valence electrons. The van der Waals surface area contributed by atoms with Gasteiger partial charge in [-0.2, -0.15) is 0 Å². The molecule has 1 atom stereocenters. The van der Waals surface area contributed by atoms with E-state index in [-0.39, 0.29) is 23.0 Å². The highest BCUT2D eigenvalue weighted by Gasteiger charge is 2.19. The lowest BCUT2D eigenvalue weighted by Gasteiger charge is -2.16. The van der Waals surface area contributed by atoms with Crippen LogP contribution in [0.4, 0.5) is 8.78 Å². The smallest absolute Gasteiger partial charge is 0.336 e. The second-order valence-electron chi connectivity index (χ2n) is 7.76. The first-order valence-electron chi connectivity index (χ1n) is 10.4. The highest BCUT2D eigenvalue weighted by Crippen LogP contribution is 2.17. The highest BCUT2D eigenvalue weighted by molar-refractivity contribution is 7.17. The van der Waals surface area contributed by atoms with Gasteiger partial charge < -0.3 is 5.32 Å². The molecular weight excluding hydrogens is 448 g/mol. The number of halogens is 2. The molecule has 2 aromatic carbocycles. The number of hydrogen-bond donors (Lipinski definition) is 1. The van der Waals surface area contributed by atoms with Gasteiger partial charge >= 0.3 is 5.69 Å². The Morgan fingerprint density at radius 2 is 1.76 bits per heavy atom. The van der Waals surface area contributed by atoms with Crippen molar-refractivity contribution in [3.05, 3.63) is 98.0 Å². The molecule has 4 rings (SSSR count). The molecule has 1 unspecified atom stereocenters. The van der Waals surface area contributed by atoms with Gasteiger partial charge in [0.15, 0.2) is 0 Å². The van der Waals surface area contributed by atoms with Crippen LogP contribution >= 0.6 is 11.3 Å². The molecule has 2 aromatic heterocycles. The minimum atomic E-state index is -0.917. The molecule has 0 spiro atoms. The largest absolute Gasteiger partial charge is 0.352 e. The Kier molecular flexibility index (Phi) is 6.50. The summed E-state index contributed by atoms with van der Waals surface area (Å²) in [6.07, 6.45) is 1.49. The van der Waals surface area contributed by atoms with Crippen LogP contribution in [0.3, 0.4) is 0 Å². The van der Waals surface area contributed by atoms with Crippen LogP contribution in [0, 0.1) is 11.6 Å². The van der Waals surface area contributed by atoms with Crippen LogP contribution in [-0.4, -0.2) is 21.1 Å². The predicted octanol–water partition coefficient (Wildman–Crippen LogP) is 3.63. The number of thiophene rings is 1. The molecule has 4 aromatic rings. The zero-order valence-corrected chi connectivity index (χ0v) is 18.6. The third-order valence-electron chi connectivity index (χ3n) is 5.28. The zero-order chi connectivity index (χ0) is 23.5. The number of nitrogens with zero attached hydrogens (tertiary/aromatic N) is 2. The van der Waals surface area contributed by atoms with Crippen molar-refractivity contribution in [2.75, 3.05) is 0 Å². The fourth-order valence-corrected chi connectivity index (χ4v) is 4.52. The summed E-state index contributed by atoms with van der Waals surface area (Å²) in [5.41, 5.74) is -0.312. The van der Waals surface area contributed by atoms with E-state index in [0.29, 0.717) is 22.6 Å². The predicted molar refractivity (Wildman–Crippen MR) is 124 cm³/mol. The molecule has 6 nitrogen and oxygen atoms in total. The molecule has 1 N–H and O–H groups in total. The van der Waals surface area contributed by atoms with Crippen molar-refractivity contribution in [2.24, 2.45) is 0 Å². The van der Waals surface area contributed by atoms with E-state index in [1.165, 1.54) is 0 Å². The topological polar surface area (TPSA) is 73.1 Å². The van der Waals surface area contributed by atoms with Crippen LogP contribution in [0.5, 0.6) is 0 Å². The number of amides is 1. The zero-order valence-electron chi connectivity index (χ0n) is 17.8. The second kappa shape index (κ2) is 9.50. The van der Waals surface area contributed by atoms with Crippen LogP contribution in [0.2, 0.25) is 0 Å². The van der Waals surface area contributed by atoms with Gasteiger partial charge in [0.05, 0.1) is 11.2 Å². The van der Waals surface area contributed by atoms with Gasteiger partial charge in [-0.3, -0.25) is 14.2 Å². The lowest BCUT2D eigenvalue weighted by Crippen LogP contribution is -2.43. The van der Waals surface area contributed by atoms with Crippen LogP contribution in [0.1, 0.15) is 18.9 Å². The minimum absolute atomic E-state index is 0.144. The van der Waals surface area contributed by atoms with Crippen LogP contribution < -0.4 is 16.6 Å². The van der Waals surface area contributed by atoms with Gasteiger partial charge in [-0.25, -0.2) is 18.1 Å². The van der Waals surface area contributed by atoms with E-state index in [4.69, 9.17) is 0 Å². The van der Waals surface area contributed by atoms with E-state index < -0.39 is 28.8 Å². The van der Waals surface area contributed by atoms with Crippen molar-refractivity contribution in [1.82, 2.24) is 14.5 Å². The first-order chi connectivity index (χ1) is 15.8. The molecular formula is C24H21F2N3O3S. The summed E-state index contributed by atoms with van der Waals surface area (Å²) in [6.45, 7) is 1.54. The number of rotatable bonds is 7. The normalized spacial score (nSPS) is 12.1. The first kappa shape index (κ1) is 22.6. The number of hydrogen-bond acceptors (Lipinski definition) is 4. The van der Waals surface area contributed by atoms with E-state index in [2.05, 4.69) is 5.32 Å². The van der Waals surface area contributed by atoms with E-state index in [1.54, 1.807) is 11.4 Å². The molecule has 0 aliphatic heterocycles. The molecule has 0 aliphatic carbocycles. The van der Waals surface area contributed by atoms with Crippen molar-refractivity contribution in [1.29, 1.82) is 0 Å². The summed E-state index contributed by atoms with van der Waals surface area (Å²) in [4.78, 5) is 38.8. The minimum Gasteiger partial charge on any atom is -0.352 e. The number of aryl methyl sites for hydroxylation is 1. The second-order valence-corrected chi connectivity index (χ2v) is 8.68. The number of nitrogens with one attached hydrogen (secondary N) is 1. The summed E-state index contributed by atoms with van der Waals surface area (Å²) >= 11 is 1.09. The third kappa shape index (κ3) is 4.93. The summed E-state index contributed by atoms with van der Waals surface area (Å²) in [5.74, 6) is -2.24. The Balaban J connectivity index is 1.61. The molecule has 0 saturated heterocycles. The summed E-state index contributed by atoms with van der Waals surface area (Å²) < 4.78 is 29.6. The SMILES string of the molecule is CC(CCc1ccccc1)NC(=O)Cn1c(=O)n(-c2cc(F)cc(F)c2)c(=O)c2sccc21. The number of carbonyl (C=O) groups is 1. The average Bonchev–Trinajstić information content (AvgIpc) is 3.26. The number of benzene rings is 2. The lowest BCUT2D eigenvalue weighted by molar-refractivity contribution is -0.122. The molecule has 2 heterocycles. The molecule has 33 heavy (non-hydrogen) atoms. The van der Waals surface area contributed by atoms with Crippen LogP contribution in [-0.2, 0) is 17.8 Å². The molecule has 1 amide bonds. The van der Waals surface area contributed by atoms with Crippen LogP contribution in [0.25, 0.3) is 15.9 Å². The quantitative estimate of drug-likeness (QED) is 0.449. The Labute approximate surface area is 191 Å². The Morgan fingerprint density at radius 3 is 2.45 bits per heavy atom. The molecule has 0 aliphatic rings. The van der Waals surface area contributed by atoms with Crippen molar-refractivity contribution >= 4 is 27.5 Å². The van der Waals surface area contributed by atoms with Gasteiger partial charge in [0.2, 0.25) is 5.91 Å². The maximum absolute atomic E-state index is 13.8. The molecule has 0 radical (unpaired) electrons. The van der Waals surface area contributed by atoms with Gasteiger partial charge in [-0.15, -0.1) is 11.3 Å². The van der Waals surface area contributed by atoms with Crippen molar-refractivity contribution in [3.63, 3.8) is 0 Å². The summed E-state index contributed by atoms with van der Waals surface area (Å²) in [5, 5.41) is 4.50. The van der Waals surface area contributed by atoms with E-state index in [9.17, 15) is 23.2 Å². The summed E-state index contributed by atoms with van der Waals surface area (Å²) in [6, 6.07) is 13.8. The van der Waals surface area contributed by atoms with E-state index in [0.717, 1.165) is 40.0 Å². The first-order valence-corrected chi connectivity index (χ1v) is 11.2. The average molecular weight is 470 g/mol. The third-order valence-corrected chi connectivity index (χ3v) is 6.17. The fourth-order valence-electron chi connectivity index (χ4n) is 3.70. The van der Waals surface area contributed by atoms with Crippen molar-refractivity contribution in [3.8, 4) is 5.69 Å². The number of aromatic nitrogens is 2. The molecule has 0 saturated carbocycles. The highest BCUT2D eigenvalue weighted by atomic mass is 32.1.